The maximum Gasteiger partial charge on any atom is 0.222 e. The average Bonchev–Trinajstić information content (AvgIpc) is 3.20. The molecular formula is C21H27N3O4S. The highest BCUT2D eigenvalue weighted by Crippen LogP contribution is 2.38. The molecule has 0 N–H and O–H groups in total. The summed E-state index contributed by atoms with van der Waals surface area (Å²) in [5, 5.41) is 0. The zero-order valence-electron chi connectivity index (χ0n) is 17.7. The lowest BCUT2D eigenvalue weighted by atomic mass is 10.1. The summed E-state index contributed by atoms with van der Waals surface area (Å²) in [5.41, 5.74) is 2.96. The fourth-order valence-corrected chi connectivity index (χ4v) is 4.22. The largest absolute Gasteiger partial charge is 0.493 e. The Labute approximate surface area is 174 Å². The minimum Gasteiger partial charge on any atom is -0.493 e. The number of methoxy groups -OCH3 is 3. The maximum absolute atomic E-state index is 12.7. The fourth-order valence-electron chi connectivity index (χ4n) is 3.33. The van der Waals surface area contributed by atoms with Crippen LogP contribution in [0, 0.1) is 13.8 Å². The molecule has 0 aliphatic rings. The Morgan fingerprint density at radius 1 is 1.14 bits per heavy atom. The van der Waals surface area contributed by atoms with Crippen LogP contribution in [0.4, 0.5) is 0 Å². The van der Waals surface area contributed by atoms with Gasteiger partial charge in [0.1, 0.15) is 0 Å². The van der Waals surface area contributed by atoms with Crippen LogP contribution in [0.1, 0.15) is 28.2 Å². The number of imidazole rings is 1. The van der Waals surface area contributed by atoms with E-state index >= 15 is 0 Å². The van der Waals surface area contributed by atoms with E-state index in [-0.39, 0.29) is 5.91 Å². The van der Waals surface area contributed by atoms with Gasteiger partial charge in [0, 0.05) is 24.5 Å². The first kappa shape index (κ1) is 21.0. The SMILES string of the molecule is COc1cc(CCC(=O)N(C)Cc2c(C)nc3sc(C)cn23)cc(OC)c1OC. The van der Waals surface area contributed by atoms with Crippen LogP contribution in [0.25, 0.3) is 4.96 Å². The standard InChI is InChI=1S/C21H27N3O4S/c1-13-11-24-16(14(2)22-21(24)29-13)12-23(3)19(25)8-7-15-9-17(26-4)20(28-6)18(10-15)27-5/h9-11H,7-8,12H2,1-6H3. The molecular weight excluding hydrogens is 390 g/mol. The van der Waals surface area contributed by atoms with Crippen molar-refractivity contribution < 1.29 is 19.0 Å². The lowest BCUT2D eigenvalue weighted by Crippen LogP contribution is -2.27. The van der Waals surface area contributed by atoms with Gasteiger partial charge in [-0.1, -0.05) is 0 Å². The van der Waals surface area contributed by atoms with Crippen LogP contribution in [-0.4, -0.2) is 48.6 Å². The molecule has 156 valence electrons. The van der Waals surface area contributed by atoms with E-state index in [0.717, 1.165) is 21.9 Å². The molecule has 3 rings (SSSR count). The van der Waals surface area contributed by atoms with Gasteiger partial charge in [0.25, 0.3) is 0 Å². The number of amides is 1. The van der Waals surface area contributed by atoms with Crippen molar-refractivity contribution >= 4 is 22.2 Å². The molecule has 3 aromatic rings. The van der Waals surface area contributed by atoms with Crippen LogP contribution in [-0.2, 0) is 17.8 Å². The molecule has 1 aromatic carbocycles. The lowest BCUT2D eigenvalue weighted by Gasteiger charge is -2.18. The van der Waals surface area contributed by atoms with Crippen LogP contribution in [0.2, 0.25) is 0 Å². The summed E-state index contributed by atoms with van der Waals surface area (Å²) in [4.78, 5) is 21.3. The maximum atomic E-state index is 12.7. The van der Waals surface area contributed by atoms with E-state index in [9.17, 15) is 4.79 Å². The van der Waals surface area contributed by atoms with Gasteiger partial charge in [0.15, 0.2) is 16.5 Å². The highest BCUT2D eigenvalue weighted by molar-refractivity contribution is 7.17. The summed E-state index contributed by atoms with van der Waals surface area (Å²) in [7, 11) is 6.57. The molecule has 0 spiro atoms. The normalized spacial score (nSPS) is 11.0. The predicted molar refractivity (Wildman–Crippen MR) is 113 cm³/mol. The van der Waals surface area contributed by atoms with E-state index in [0.29, 0.717) is 36.6 Å². The number of benzene rings is 1. The second-order valence-electron chi connectivity index (χ2n) is 6.92. The minimum absolute atomic E-state index is 0.0695. The van der Waals surface area contributed by atoms with Gasteiger partial charge >= 0.3 is 0 Å². The third-order valence-corrected chi connectivity index (χ3v) is 5.80. The zero-order chi connectivity index (χ0) is 21.1. The van der Waals surface area contributed by atoms with Crippen molar-refractivity contribution in [1.82, 2.24) is 14.3 Å². The molecule has 0 saturated heterocycles. The molecule has 29 heavy (non-hydrogen) atoms. The monoisotopic (exact) mass is 417 g/mol. The third-order valence-electron chi connectivity index (χ3n) is 4.91. The second kappa shape index (κ2) is 8.73. The van der Waals surface area contributed by atoms with Crippen molar-refractivity contribution in [2.75, 3.05) is 28.4 Å². The summed E-state index contributed by atoms with van der Waals surface area (Å²) in [6.45, 7) is 4.57. The summed E-state index contributed by atoms with van der Waals surface area (Å²) >= 11 is 1.65. The summed E-state index contributed by atoms with van der Waals surface area (Å²) < 4.78 is 18.2. The molecule has 1 amide bonds. The highest BCUT2D eigenvalue weighted by atomic mass is 32.1. The number of rotatable bonds is 8. The Morgan fingerprint density at radius 2 is 1.79 bits per heavy atom. The van der Waals surface area contributed by atoms with Crippen LogP contribution >= 0.6 is 11.3 Å². The summed E-state index contributed by atoms with van der Waals surface area (Å²) in [6.07, 6.45) is 3.04. The van der Waals surface area contributed by atoms with E-state index in [1.807, 2.05) is 26.1 Å². The van der Waals surface area contributed by atoms with Gasteiger partial charge in [-0.2, -0.15) is 0 Å². The van der Waals surface area contributed by atoms with Crippen LogP contribution in [0.3, 0.4) is 0 Å². The molecule has 0 aliphatic carbocycles. The molecule has 0 fully saturated rings. The van der Waals surface area contributed by atoms with Crippen molar-refractivity contribution in [3.05, 3.63) is 40.2 Å². The van der Waals surface area contributed by atoms with Crippen LogP contribution in [0.5, 0.6) is 17.2 Å². The topological polar surface area (TPSA) is 65.3 Å². The Morgan fingerprint density at radius 3 is 2.38 bits per heavy atom. The van der Waals surface area contributed by atoms with Crippen molar-refractivity contribution in [2.24, 2.45) is 0 Å². The fraction of sp³-hybridized carbons (Fsp3) is 0.429. The first-order chi connectivity index (χ1) is 13.9. The molecule has 0 atom stereocenters. The average molecular weight is 418 g/mol. The number of aryl methyl sites for hydroxylation is 3. The van der Waals surface area contributed by atoms with Gasteiger partial charge in [-0.05, 0) is 38.0 Å². The van der Waals surface area contributed by atoms with Gasteiger partial charge in [-0.3, -0.25) is 9.20 Å². The molecule has 2 heterocycles. The van der Waals surface area contributed by atoms with Crippen molar-refractivity contribution in [3.63, 3.8) is 0 Å². The van der Waals surface area contributed by atoms with Crippen LogP contribution < -0.4 is 14.2 Å². The molecule has 7 nitrogen and oxygen atoms in total. The van der Waals surface area contributed by atoms with Gasteiger partial charge in [-0.25, -0.2) is 4.98 Å². The number of carbonyl (C=O) groups excluding carboxylic acids is 1. The van der Waals surface area contributed by atoms with Crippen LogP contribution in [0.15, 0.2) is 18.3 Å². The first-order valence-corrected chi connectivity index (χ1v) is 10.2. The van der Waals surface area contributed by atoms with Gasteiger partial charge in [0.2, 0.25) is 11.7 Å². The van der Waals surface area contributed by atoms with Crippen molar-refractivity contribution in [1.29, 1.82) is 0 Å². The Balaban J connectivity index is 1.69. The number of carbonyl (C=O) groups is 1. The highest BCUT2D eigenvalue weighted by Gasteiger charge is 2.18. The number of thiazole rings is 1. The van der Waals surface area contributed by atoms with Gasteiger partial charge in [0.05, 0.1) is 39.3 Å². The van der Waals surface area contributed by atoms with E-state index in [1.54, 1.807) is 37.6 Å². The van der Waals surface area contributed by atoms with Gasteiger partial charge in [-0.15, -0.1) is 11.3 Å². The van der Waals surface area contributed by atoms with Gasteiger partial charge < -0.3 is 19.1 Å². The smallest absolute Gasteiger partial charge is 0.222 e. The quantitative estimate of drug-likeness (QED) is 0.560. The number of hydrogen-bond acceptors (Lipinski definition) is 6. The number of ether oxygens (including phenoxy) is 3. The summed E-state index contributed by atoms with van der Waals surface area (Å²) in [6, 6.07) is 3.76. The molecule has 0 radical (unpaired) electrons. The zero-order valence-corrected chi connectivity index (χ0v) is 18.6. The Hall–Kier alpha value is -2.74. The number of hydrogen-bond donors (Lipinski definition) is 0. The minimum atomic E-state index is 0.0695. The lowest BCUT2D eigenvalue weighted by molar-refractivity contribution is -0.130. The van der Waals surface area contributed by atoms with E-state index < -0.39 is 0 Å². The number of aromatic nitrogens is 2. The molecule has 2 aromatic heterocycles. The molecule has 0 bridgehead atoms. The predicted octanol–water partition coefficient (Wildman–Crippen LogP) is 3.63. The first-order valence-electron chi connectivity index (χ1n) is 9.34. The molecule has 0 aliphatic heterocycles. The van der Waals surface area contributed by atoms with E-state index in [1.165, 1.54) is 4.88 Å². The van der Waals surface area contributed by atoms with E-state index in [4.69, 9.17) is 14.2 Å². The molecule has 0 unspecified atom stereocenters. The Kier molecular flexibility index (Phi) is 6.32. The summed E-state index contributed by atoms with van der Waals surface area (Å²) in [5.74, 6) is 1.80. The number of fused-ring (bicyclic) bond motifs is 1. The Bertz CT molecular complexity index is 1000. The second-order valence-corrected chi connectivity index (χ2v) is 8.13. The number of nitrogens with zero attached hydrogens (tertiary/aromatic N) is 3. The third kappa shape index (κ3) is 4.32. The van der Waals surface area contributed by atoms with Crippen molar-refractivity contribution in [2.45, 2.75) is 33.2 Å². The van der Waals surface area contributed by atoms with Crippen molar-refractivity contribution in [3.8, 4) is 17.2 Å². The van der Waals surface area contributed by atoms with E-state index in [2.05, 4.69) is 22.5 Å². The molecule has 8 heteroatoms. The molecule has 0 saturated carbocycles.